The third kappa shape index (κ3) is 1.96. The van der Waals surface area contributed by atoms with Gasteiger partial charge in [0.1, 0.15) is 0 Å². The van der Waals surface area contributed by atoms with Gasteiger partial charge in [-0.05, 0) is 74.0 Å². The van der Waals surface area contributed by atoms with Gasteiger partial charge in [-0.2, -0.15) is 0 Å². The summed E-state index contributed by atoms with van der Waals surface area (Å²) in [6.07, 6.45) is 10.7. The first-order valence-electron chi connectivity index (χ1n) is 10.5. The van der Waals surface area contributed by atoms with E-state index in [2.05, 4.69) is 20.4 Å². The lowest BCUT2D eigenvalue weighted by Gasteiger charge is -2.57. The fourth-order valence-corrected chi connectivity index (χ4v) is 7.87. The normalized spacial score (nSPS) is 52.8. The smallest absolute Gasteiger partial charge is 0.174 e. The van der Waals surface area contributed by atoms with Crippen molar-refractivity contribution in [2.45, 2.75) is 71.0 Å². The van der Waals surface area contributed by atoms with Gasteiger partial charge in [-0.25, -0.2) is 0 Å². The first-order chi connectivity index (χ1) is 11.5. The Morgan fingerprint density at radius 2 is 1.75 bits per heavy atom. The molecule has 1 aliphatic heterocycles. The molecule has 1 spiro atoms. The Hall–Kier alpha value is -0.340. The summed E-state index contributed by atoms with van der Waals surface area (Å²) >= 11 is 0. The van der Waals surface area contributed by atoms with Gasteiger partial charge in [0, 0.05) is 11.8 Å². The van der Waals surface area contributed by atoms with Crippen molar-refractivity contribution >= 4 is 0 Å². The second-order valence-electron chi connectivity index (χ2n) is 9.93. The lowest BCUT2D eigenvalue weighted by atomic mass is 9.49. The average molecular weight is 331 g/mol. The van der Waals surface area contributed by atoms with E-state index in [1.807, 2.05) is 0 Å². The zero-order valence-electron chi connectivity index (χ0n) is 15.6. The highest BCUT2D eigenvalue weighted by atomic mass is 16.7. The van der Waals surface area contributed by atoms with Crippen LogP contribution < -0.4 is 0 Å². The van der Waals surface area contributed by atoms with Crippen LogP contribution in [0.5, 0.6) is 0 Å². The van der Waals surface area contributed by atoms with Crippen LogP contribution in [-0.2, 0) is 9.47 Å². The molecule has 1 saturated heterocycles. The molecule has 5 fully saturated rings. The second-order valence-corrected chi connectivity index (χ2v) is 9.93. The summed E-state index contributed by atoms with van der Waals surface area (Å²) in [5.41, 5.74) is 1.82. The van der Waals surface area contributed by atoms with E-state index in [1.54, 1.807) is 5.57 Å². The van der Waals surface area contributed by atoms with Gasteiger partial charge in [0.2, 0.25) is 0 Å². The van der Waals surface area contributed by atoms with Crippen LogP contribution in [0.25, 0.3) is 0 Å². The van der Waals surface area contributed by atoms with Crippen LogP contribution in [0.4, 0.5) is 0 Å². The molecule has 0 aromatic heterocycles. The highest BCUT2D eigenvalue weighted by Gasteiger charge is 2.66. The first-order valence-corrected chi connectivity index (χ1v) is 10.5. The maximum Gasteiger partial charge on any atom is 0.174 e. The van der Waals surface area contributed by atoms with E-state index in [1.165, 1.54) is 44.9 Å². The second kappa shape index (κ2) is 5.33. The first kappa shape index (κ1) is 15.9. The Morgan fingerprint density at radius 3 is 2.54 bits per heavy atom. The highest BCUT2D eigenvalue weighted by Crippen LogP contribution is 2.67. The molecule has 0 N–H and O–H groups in total. The quantitative estimate of drug-likeness (QED) is 0.569. The van der Waals surface area contributed by atoms with Crippen LogP contribution >= 0.6 is 0 Å². The minimum atomic E-state index is -0.248. The summed E-state index contributed by atoms with van der Waals surface area (Å²) < 4.78 is 12.5. The van der Waals surface area contributed by atoms with E-state index >= 15 is 0 Å². The van der Waals surface area contributed by atoms with E-state index in [4.69, 9.17) is 9.47 Å². The van der Waals surface area contributed by atoms with Crippen LogP contribution in [0.15, 0.2) is 12.2 Å². The van der Waals surface area contributed by atoms with Crippen molar-refractivity contribution in [1.29, 1.82) is 0 Å². The molecule has 2 nitrogen and oxygen atoms in total. The number of allylic oxidation sites excluding steroid dienone is 1. The molecule has 0 radical (unpaired) electrons. The van der Waals surface area contributed by atoms with Crippen molar-refractivity contribution in [3.63, 3.8) is 0 Å². The van der Waals surface area contributed by atoms with Crippen LogP contribution in [0.3, 0.4) is 0 Å². The van der Waals surface area contributed by atoms with Crippen LogP contribution in [0.1, 0.15) is 65.2 Å². The summed E-state index contributed by atoms with van der Waals surface area (Å²) in [5, 5.41) is 0. The molecule has 0 aromatic carbocycles. The van der Waals surface area contributed by atoms with E-state index in [0.29, 0.717) is 0 Å². The number of rotatable bonds is 0. The molecule has 2 heteroatoms. The third-order valence-corrected chi connectivity index (χ3v) is 9.03. The van der Waals surface area contributed by atoms with Crippen LogP contribution in [0.2, 0.25) is 0 Å². The van der Waals surface area contributed by atoms with E-state index < -0.39 is 0 Å². The molecular weight excluding hydrogens is 296 g/mol. The van der Waals surface area contributed by atoms with E-state index in [-0.39, 0.29) is 11.2 Å². The Balaban J connectivity index is 1.45. The Morgan fingerprint density at radius 1 is 0.958 bits per heavy atom. The SMILES string of the molecule is C=C1C[C@@H]2[C@H](CC[C@@]3(C)[C@H]2CCC32OCCO2)[C@H]2CC[C@H](C)C[C@H]12. The summed E-state index contributed by atoms with van der Waals surface area (Å²) in [6, 6.07) is 0. The van der Waals surface area contributed by atoms with Gasteiger partial charge >= 0.3 is 0 Å². The van der Waals surface area contributed by atoms with Gasteiger partial charge in [0.05, 0.1) is 13.2 Å². The molecule has 0 unspecified atom stereocenters. The minimum Gasteiger partial charge on any atom is -0.347 e. The highest BCUT2D eigenvalue weighted by molar-refractivity contribution is 5.18. The molecule has 4 saturated carbocycles. The maximum absolute atomic E-state index is 6.26. The summed E-state index contributed by atoms with van der Waals surface area (Å²) in [6.45, 7) is 11.1. The molecule has 5 aliphatic rings. The van der Waals surface area contributed by atoms with Gasteiger partial charge in [-0.1, -0.05) is 32.4 Å². The lowest BCUT2D eigenvalue weighted by Crippen LogP contribution is -2.54. The van der Waals surface area contributed by atoms with Gasteiger partial charge in [-0.3, -0.25) is 0 Å². The Bertz CT molecular complexity index is 534. The lowest BCUT2D eigenvalue weighted by molar-refractivity contribution is -0.242. The number of ether oxygens (including phenoxy) is 2. The maximum atomic E-state index is 6.26. The minimum absolute atomic E-state index is 0.236. The van der Waals surface area contributed by atoms with Crippen molar-refractivity contribution in [3.05, 3.63) is 12.2 Å². The molecule has 1 heterocycles. The largest absolute Gasteiger partial charge is 0.347 e. The van der Waals surface area contributed by atoms with Crippen LogP contribution in [-0.4, -0.2) is 19.0 Å². The van der Waals surface area contributed by atoms with E-state index in [0.717, 1.165) is 55.1 Å². The zero-order chi connectivity index (χ0) is 16.5. The van der Waals surface area contributed by atoms with E-state index in [9.17, 15) is 0 Å². The number of fused-ring (bicyclic) bond motifs is 6. The Kier molecular flexibility index (Phi) is 3.53. The molecule has 5 rings (SSSR count). The fourth-order valence-electron chi connectivity index (χ4n) is 7.87. The summed E-state index contributed by atoms with van der Waals surface area (Å²) in [4.78, 5) is 0. The van der Waals surface area contributed by atoms with Crippen molar-refractivity contribution in [3.8, 4) is 0 Å². The molecule has 0 aromatic rings. The zero-order valence-corrected chi connectivity index (χ0v) is 15.6. The van der Waals surface area contributed by atoms with Gasteiger partial charge < -0.3 is 9.47 Å². The topological polar surface area (TPSA) is 18.5 Å². The summed E-state index contributed by atoms with van der Waals surface area (Å²) in [5.74, 6) is 4.99. The van der Waals surface area contributed by atoms with Gasteiger partial charge in [0.15, 0.2) is 5.79 Å². The van der Waals surface area contributed by atoms with Crippen LogP contribution in [0, 0.1) is 40.9 Å². The van der Waals surface area contributed by atoms with Crippen molar-refractivity contribution < 1.29 is 9.47 Å². The van der Waals surface area contributed by atoms with Crippen molar-refractivity contribution in [2.24, 2.45) is 40.9 Å². The predicted octanol–water partition coefficient (Wildman–Crippen LogP) is 5.18. The monoisotopic (exact) mass is 330 g/mol. The molecule has 24 heavy (non-hydrogen) atoms. The number of hydrogen-bond acceptors (Lipinski definition) is 2. The van der Waals surface area contributed by atoms with Crippen molar-refractivity contribution in [2.75, 3.05) is 13.2 Å². The molecule has 0 amide bonds. The van der Waals surface area contributed by atoms with Crippen molar-refractivity contribution in [1.82, 2.24) is 0 Å². The number of hydrogen-bond donors (Lipinski definition) is 0. The predicted molar refractivity (Wildman–Crippen MR) is 95.4 cm³/mol. The fraction of sp³-hybridized carbons (Fsp3) is 0.909. The molecule has 134 valence electrons. The Labute approximate surface area is 147 Å². The molecule has 7 atom stereocenters. The molecule has 0 bridgehead atoms. The van der Waals surface area contributed by atoms with Gasteiger partial charge in [0.25, 0.3) is 0 Å². The average Bonchev–Trinajstić information content (AvgIpc) is 3.15. The molecule has 4 aliphatic carbocycles. The van der Waals surface area contributed by atoms with Gasteiger partial charge in [-0.15, -0.1) is 0 Å². The standard InChI is InChI=1S/C22H34O2/c1-14-4-5-16-17-6-8-21(3)20(7-9-22(21)23-10-11-24-22)19(17)13-15(2)18(16)12-14/h14,16-20H,2,4-13H2,1,3H3/t14-,16+,17+,18+,19+,20-,21-/m0/s1. The molecular formula is C22H34O2. The third-order valence-electron chi connectivity index (χ3n) is 9.03. The summed E-state index contributed by atoms with van der Waals surface area (Å²) in [7, 11) is 0.